The number of para-hydroxylation sites is 1. The van der Waals surface area contributed by atoms with Crippen LogP contribution >= 0.6 is 24.0 Å². The fourth-order valence-electron chi connectivity index (χ4n) is 3.15. The number of hydrazone groups is 1. The Morgan fingerprint density at radius 1 is 1.06 bits per heavy atom. The molecule has 0 aliphatic carbocycles. The summed E-state index contributed by atoms with van der Waals surface area (Å²) in [6.45, 7) is 3.16. The van der Waals surface area contributed by atoms with Crippen LogP contribution in [0.4, 0.5) is 11.4 Å². The van der Waals surface area contributed by atoms with Gasteiger partial charge in [-0.25, -0.2) is 0 Å². The Labute approximate surface area is 194 Å². The highest BCUT2D eigenvalue weighted by molar-refractivity contribution is 8.26. The van der Waals surface area contributed by atoms with Crippen molar-refractivity contribution in [2.24, 2.45) is 5.10 Å². The number of thiocarbonyl (C=S) groups is 1. The van der Waals surface area contributed by atoms with E-state index < -0.39 is 0 Å². The highest BCUT2D eigenvalue weighted by Gasteiger charge is 2.35. The lowest BCUT2D eigenvalue weighted by molar-refractivity contribution is -0.120. The number of benzene rings is 2. The number of anilines is 2. The molecule has 0 aromatic heterocycles. The normalized spacial score (nSPS) is 18.7. The Bertz CT molecular complexity index is 1220. The van der Waals surface area contributed by atoms with Gasteiger partial charge in [0.2, 0.25) is 5.91 Å². The topological polar surface area (TPSA) is 82.1 Å². The molecule has 0 unspecified atom stereocenters. The molecule has 32 heavy (non-hydrogen) atoms. The van der Waals surface area contributed by atoms with Crippen molar-refractivity contribution in [3.05, 3.63) is 76.8 Å². The Balaban J connectivity index is 1.55. The zero-order valence-electron chi connectivity index (χ0n) is 17.2. The van der Waals surface area contributed by atoms with Crippen LogP contribution in [0.1, 0.15) is 19.4 Å². The lowest BCUT2D eigenvalue weighted by Crippen LogP contribution is -2.26. The molecule has 0 spiro atoms. The molecule has 2 aromatic rings. The SMILES string of the molecule is CC(=O)Nc1ccc(/C=C2\SC(=S)N(/C=C3/C(=O)N(c4ccccc4)N=C3C)C2=O)cc1. The van der Waals surface area contributed by atoms with Gasteiger partial charge in [-0.2, -0.15) is 10.1 Å². The van der Waals surface area contributed by atoms with Gasteiger partial charge in [0, 0.05) is 18.8 Å². The van der Waals surface area contributed by atoms with Crippen LogP contribution in [-0.4, -0.2) is 32.7 Å². The number of nitrogens with zero attached hydrogens (tertiary/aromatic N) is 3. The van der Waals surface area contributed by atoms with Crippen LogP contribution in [0.2, 0.25) is 0 Å². The molecule has 7 nitrogen and oxygen atoms in total. The first-order valence-corrected chi connectivity index (χ1v) is 10.9. The molecule has 1 saturated heterocycles. The maximum absolute atomic E-state index is 13.0. The zero-order chi connectivity index (χ0) is 22.8. The van der Waals surface area contributed by atoms with Gasteiger partial charge in [0.15, 0.2) is 4.32 Å². The fourth-order valence-corrected chi connectivity index (χ4v) is 4.36. The maximum atomic E-state index is 13.0. The summed E-state index contributed by atoms with van der Waals surface area (Å²) in [7, 11) is 0. The van der Waals surface area contributed by atoms with Crippen molar-refractivity contribution in [1.29, 1.82) is 0 Å². The minimum absolute atomic E-state index is 0.155. The third-order valence-electron chi connectivity index (χ3n) is 4.67. The van der Waals surface area contributed by atoms with Gasteiger partial charge in [-0.05, 0) is 42.8 Å². The molecule has 2 heterocycles. The van der Waals surface area contributed by atoms with E-state index in [2.05, 4.69) is 10.4 Å². The number of carbonyl (C=O) groups is 3. The summed E-state index contributed by atoms with van der Waals surface area (Å²) in [5, 5.41) is 8.34. The lowest BCUT2D eigenvalue weighted by Gasteiger charge is -2.12. The summed E-state index contributed by atoms with van der Waals surface area (Å²) in [6.07, 6.45) is 3.19. The van der Waals surface area contributed by atoms with E-state index in [1.165, 1.54) is 23.0 Å². The standard InChI is InChI=1S/C23H18N4O3S2/c1-14-19(21(29)27(25-14)18-6-4-3-5-7-18)13-26-22(30)20(32-23(26)31)12-16-8-10-17(11-9-16)24-15(2)28/h3-13H,1-2H3,(H,24,28)/b19-13+,20-12-. The highest BCUT2D eigenvalue weighted by atomic mass is 32.2. The second-order valence-electron chi connectivity index (χ2n) is 7.04. The molecular weight excluding hydrogens is 444 g/mol. The largest absolute Gasteiger partial charge is 0.326 e. The minimum atomic E-state index is -0.319. The van der Waals surface area contributed by atoms with Crippen LogP contribution in [0.15, 0.2) is 76.4 Å². The predicted molar refractivity (Wildman–Crippen MR) is 131 cm³/mol. The van der Waals surface area contributed by atoms with E-state index in [0.29, 0.717) is 31.9 Å². The second-order valence-corrected chi connectivity index (χ2v) is 8.71. The molecule has 0 atom stereocenters. The number of thioether (sulfide) groups is 1. The number of hydrogen-bond donors (Lipinski definition) is 1. The number of nitrogens with one attached hydrogen (secondary N) is 1. The molecular formula is C23H18N4O3S2. The third kappa shape index (κ3) is 4.39. The van der Waals surface area contributed by atoms with Crippen molar-refractivity contribution in [1.82, 2.24) is 4.90 Å². The molecule has 2 aliphatic rings. The maximum Gasteiger partial charge on any atom is 0.282 e. The molecule has 9 heteroatoms. The van der Waals surface area contributed by atoms with Gasteiger partial charge in [0.1, 0.15) is 0 Å². The van der Waals surface area contributed by atoms with E-state index in [0.717, 1.165) is 17.3 Å². The number of rotatable bonds is 4. The molecule has 160 valence electrons. The Hall–Kier alpha value is -3.56. The monoisotopic (exact) mass is 462 g/mol. The summed E-state index contributed by atoms with van der Waals surface area (Å²) >= 11 is 6.55. The summed E-state index contributed by atoms with van der Waals surface area (Å²) in [6, 6.07) is 16.2. The van der Waals surface area contributed by atoms with E-state index in [-0.39, 0.29) is 17.7 Å². The van der Waals surface area contributed by atoms with Crippen molar-refractivity contribution >= 4 is 69.2 Å². The van der Waals surface area contributed by atoms with E-state index >= 15 is 0 Å². The van der Waals surface area contributed by atoms with Crippen LogP contribution < -0.4 is 10.3 Å². The Morgan fingerprint density at radius 3 is 2.41 bits per heavy atom. The van der Waals surface area contributed by atoms with Crippen molar-refractivity contribution in [3.63, 3.8) is 0 Å². The van der Waals surface area contributed by atoms with Crippen molar-refractivity contribution in [2.45, 2.75) is 13.8 Å². The van der Waals surface area contributed by atoms with Crippen LogP contribution in [0, 0.1) is 0 Å². The van der Waals surface area contributed by atoms with E-state index in [1.54, 1.807) is 49.4 Å². The first-order chi connectivity index (χ1) is 15.3. The molecule has 3 amide bonds. The summed E-state index contributed by atoms with van der Waals surface area (Å²) in [4.78, 5) is 38.8. The Morgan fingerprint density at radius 2 is 1.75 bits per heavy atom. The van der Waals surface area contributed by atoms with Gasteiger partial charge in [0.25, 0.3) is 11.8 Å². The van der Waals surface area contributed by atoms with Crippen molar-refractivity contribution < 1.29 is 14.4 Å². The van der Waals surface area contributed by atoms with E-state index in [4.69, 9.17) is 12.2 Å². The van der Waals surface area contributed by atoms with Crippen LogP contribution in [0.25, 0.3) is 6.08 Å². The lowest BCUT2D eigenvalue weighted by atomic mass is 10.1. The molecule has 0 bridgehead atoms. The molecule has 1 N–H and O–H groups in total. The number of carbonyl (C=O) groups excluding carboxylic acids is 3. The average molecular weight is 463 g/mol. The molecule has 2 aromatic carbocycles. The zero-order valence-corrected chi connectivity index (χ0v) is 18.9. The van der Waals surface area contributed by atoms with Crippen molar-refractivity contribution in [3.8, 4) is 0 Å². The van der Waals surface area contributed by atoms with Crippen LogP contribution in [-0.2, 0) is 14.4 Å². The van der Waals surface area contributed by atoms with Crippen LogP contribution in [0.5, 0.6) is 0 Å². The van der Waals surface area contributed by atoms with Gasteiger partial charge in [-0.15, -0.1) is 0 Å². The molecule has 1 fully saturated rings. The van der Waals surface area contributed by atoms with Gasteiger partial charge < -0.3 is 5.32 Å². The summed E-state index contributed by atoms with van der Waals surface area (Å²) < 4.78 is 0.336. The molecule has 0 saturated carbocycles. The van der Waals surface area contributed by atoms with Gasteiger partial charge in [-0.3, -0.25) is 19.3 Å². The van der Waals surface area contributed by atoms with E-state index in [1.807, 2.05) is 18.2 Å². The number of hydrogen-bond acceptors (Lipinski definition) is 6. The Kier molecular flexibility index (Phi) is 6.02. The minimum Gasteiger partial charge on any atom is -0.326 e. The smallest absolute Gasteiger partial charge is 0.282 e. The highest BCUT2D eigenvalue weighted by Crippen LogP contribution is 2.34. The average Bonchev–Trinajstić information content (AvgIpc) is 3.20. The third-order valence-corrected chi connectivity index (χ3v) is 6.00. The summed E-state index contributed by atoms with van der Waals surface area (Å²) in [5.74, 6) is -0.782. The number of amides is 3. The van der Waals surface area contributed by atoms with Gasteiger partial charge >= 0.3 is 0 Å². The second kappa shape index (κ2) is 8.89. The molecule has 4 rings (SSSR count). The first-order valence-electron chi connectivity index (χ1n) is 9.65. The first kappa shape index (κ1) is 21.7. The van der Waals surface area contributed by atoms with Gasteiger partial charge in [0.05, 0.1) is 21.9 Å². The molecule has 2 aliphatic heterocycles. The molecule has 0 radical (unpaired) electrons. The van der Waals surface area contributed by atoms with E-state index in [9.17, 15) is 14.4 Å². The predicted octanol–water partition coefficient (Wildman–Crippen LogP) is 4.15. The van der Waals surface area contributed by atoms with Crippen molar-refractivity contribution in [2.75, 3.05) is 10.3 Å². The van der Waals surface area contributed by atoms with Crippen LogP contribution in [0.3, 0.4) is 0 Å². The summed E-state index contributed by atoms with van der Waals surface area (Å²) in [5.41, 5.74) is 2.92. The quantitative estimate of drug-likeness (QED) is 0.545. The fraction of sp³-hybridized carbons (Fsp3) is 0.0870. The van der Waals surface area contributed by atoms with Gasteiger partial charge in [-0.1, -0.05) is 54.3 Å².